The molecule has 0 aliphatic heterocycles. The zero-order valence-corrected chi connectivity index (χ0v) is 24.3. The van der Waals surface area contributed by atoms with Gasteiger partial charge in [-0.15, -0.1) is 0 Å². The molecule has 196 valence electrons. The van der Waals surface area contributed by atoms with Crippen LogP contribution in [0.2, 0.25) is 0 Å². The predicted molar refractivity (Wildman–Crippen MR) is 136 cm³/mol. The second-order valence-electron chi connectivity index (χ2n) is 7.80. The van der Waals surface area contributed by atoms with Crippen molar-refractivity contribution in [2.24, 2.45) is 0 Å². The highest BCUT2D eigenvalue weighted by Crippen LogP contribution is 2.53. The summed E-state index contributed by atoms with van der Waals surface area (Å²) in [6.07, 6.45) is 0.0255. The first-order chi connectivity index (χ1) is 16.9. The number of carbonyl (C=O) groups excluding carboxylic acids is 1. The Bertz CT molecular complexity index is 1130. The second kappa shape index (κ2) is 14.8. The SMILES string of the molecule is CCOP(=O)(OCC)OC(C)c1sc(CCOC(=O)c2ccccc2)c(C)[n+]1Cc1ccccc1.[Br-]. The number of thiazole rings is 1. The fraction of sp³-hybridized carbons (Fsp3) is 0.385. The van der Waals surface area contributed by atoms with Gasteiger partial charge in [0.25, 0.3) is 5.01 Å². The summed E-state index contributed by atoms with van der Waals surface area (Å²) < 4.78 is 37.2. The number of aromatic nitrogens is 1. The Morgan fingerprint density at radius 2 is 1.58 bits per heavy atom. The fourth-order valence-corrected chi connectivity index (χ4v) is 6.22. The van der Waals surface area contributed by atoms with Crippen LogP contribution < -0.4 is 21.5 Å². The van der Waals surface area contributed by atoms with Gasteiger partial charge >= 0.3 is 13.8 Å². The van der Waals surface area contributed by atoms with Crippen LogP contribution in [0.4, 0.5) is 0 Å². The predicted octanol–water partition coefficient (Wildman–Crippen LogP) is 3.05. The van der Waals surface area contributed by atoms with E-state index < -0.39 is 13.9 Å². The number of phosphoric acid groups is 1. The molecule has 0 saturated heterocycles. The summed E-state index contributed by atoms with van der Waals surface area (Å²) in [6, 6.07) is 19.0. The van der Waals surface area contributed by atoms with Gasteiger partial charge in [0.1, 0.15) is 0 Å². The molecule has 2 aromatic carbocycles. The lowest BCUT2D eigenvalue weighted by atomic mass is 10.2. The lowest BCUT2D eigenvalue weighted by molar-refractivity contribution is -0.699. The minimum absolute atomic E-state index is 0. The number of phosphoric ester groups is 1. The lowest BCUT2D eigenvalue weighted by Crippen LogP contribution is -3.00. The number of hydrogen-bond donors (Lipinski definition) is 0. The summed E-state index contributed by atoms with van der Waals surface area (Å²) in [5, 5.41) is 0.885. The largest absolute Gasteiger partial charge is 1.00 e. The maximum atomic E-state index is 13.0. The third-order valence-electron chi connectivity index (χ3n) is 5.27. The Labute approximate surface area is 227 Å². The van der Waals surface area contributed by atoms with Crippen LogP contribution in [-0.2, 0) is 35.8 Å². The van der Waals surface area contributed by atoms with Crippen molar-refractivity contribution < 1.29 is 49.2 Å². The Balaban J connectivity index is 0.00000456. The molecule has 1 heterocycles. The van der Waals surface area contributed by atoms with Crippen molar-refractivity contribution in [3.63, 3.8) is 0 Å². The number of rotatable bonds is 13. The molecule has 0 N–H and O–H groups in total. The number of ether oxygens (including phenoxy) is 1. The number of esters is 1. The Morgan fingerprint density at radius 3 is 2.17 bits per heavy atom. The van der Waals surface area contributed by atoms with E-state index in [9.17, 15) is 9.36 Å². The van der Waals surface area contributed by atoms with Crippen LogP contribution in [0.15, 0.2) is 60.7 Å². The number of carbonyl (C=O) groups is 1. The summed E-state index contributed by atoms with van der Waals surface area (Å²) >= 11 is 1.55. The minimum Gasteiger partial charge on any atom is -1.00 e. The van der Waals surface area contributed by atoms with E-state index in [-0.39, 0.29) is 42.8 Å². The molecule has 3 rings (SSSR count). The van der Waals surface area contributed by atoms with Gasteiger partial charge in [0.2, 0.25) is 0 Å². The molecule has 0 spiro atoms. The quantitative estimate of drug-likeness (QED) is 0.171. The third kappa shape index (κ3) is 8.33. The average molecular weight is 598 g/mol. The summed E-state index contributed by atoms with van der Waals surface area (Å²) in [6.45, 7) is 8.70. The lowest BCUT2D eigenvalue weighted by Gasteiger charge is -2.19. The molecule has 7 nitrogen and oxygen atoms in total. The molecule has 0 aliphatic carbocycles. The average Bonchev–Trinajstić information content (AvgIpc) is 3.15. The zero-order valence-electron chi connectivity index (χ0n) is 21.0. The van der Waals surface area contributed by atoms with Crippen molar-refractivity contribution in [2.45, 2.75) is 46.8 Å². The van der Waals surface area contributed by atoms with E-state index >= 15 is 0 Å². The van der Waals surface area contributed by atoms with Crippen molar-refractivity contribution in [1.29, 1.82) is 0 Å². The van der Waals surface area contributed by atoms with Crippen molar-refractivity contribution >= 4 is 25.1 Å². The van der Waals surface area contributed by atoms with Gasteiger partial charge in [0.15, 0.2) is 18.3 Å². The van der Waals surface area contributed by atoms with Gasteiger partial charge in [-0.25, -0.2) is 9.36 Å². The van der Waals surface area contributed by atoms with Crippen molar-refractivity contribution in [3.05, 3.63) is 87.4 Å². The van der Waals surface area contributed by atoms with Crippen LogP contribution in [0, 0.1) is 6.92 Å². The molecule has 0 saturated carbocycles. The van der Waals surface area contributed by atoms with Gasteiger partial charge in [0, 0.05) is 18.9 Å². The molecule has 0 amide bonds. The molecule has 0 radical (unpaired) electrons. The van der Waals surface area contributed by atoms with Gasteiger partial charge in [-0.2, -0.15) is 4.57 Å². The molecule has 0 bridgehead atoms. The second-order valence-corrected chi connectivity index (χ2v) is 10.5. The normalized spacial score (nSPS) is 12.1. The molecule has 0 fully saturated rings. The highest BCUT2D eigenvalue weighted by Gasteiger charge is 2.35. The van der Waals surface area contributed by atoms with E-state index in [4.69, 9.17) is 18.3 Å². The first-order valence-corrected chi connectivity index (χ1v) is 14.0. The van der Waals surface area contributed by atoms with Crippen LogP contribution in [0.5, 0.6) is 0 Å². The summed E-state index contributed by atoms with van der Waals surface area (Å²) in [5.41, 5.74) is 2.70. The van der Waals surface area contributed by atoms with Crippen LogP contribution in [0.1, 0.15) is 58.4 Å². The highest BCUT2D eigenvalue weighted by atomic mass is 79.9. The van der Waals surface area contributed by atoms with Gasteiger partial charge in [-0.3, -0.25) is 13.6 Å². The van der Waals surface area contributed by atoms with E-state index in [1.807, 2.05) is 50.2 Å². The smallest absolute Gasteiger partial charge is 0.475 e. The summed E-state index contributed by atoms with van der Waals surface area (Å²) in [5.74, 6) is -0.344. The molecular weight excluding hydrogens is 565 g/mol. The molecular formula is C26H33BrNO6PS. The molecule has 36 heavy (non-hydrogen) atoms. The van der Waals surface area contributed by atoms with Crippen LogP contribution in [0.3, 0.4) is 0 Å². The van der Waals surface area contributed by atoms with Crippen molar-refractivity contribution in [1.82, 2.24) is 0 Å². The first-order valence-electron chi connectivity index (χ1n) is 11.7. The highest BCUT2D eigenvalue weighted by molar-refractivity contribution is 7.48. The van der Waals surface area contributed by atoms with Crippen LogP contribution in [-0.4, -0.2) is 25.8 Å². The molecule has 10 heteroatoms. The molecule has 1 atom stereocenters. The number of nitrogens with zero attached hydrogens (tertiary/aromatic N) is 1. The fourth-order valence-electron chi connectivity index (χ4n) is 3.61. The van der Waals surface area contributed by atoms with Crippen molar-refractivity contribution in [3.8, 4) is 0 Å². The molecule has 3 aromatic rings. The first kappa shape index (κ1) is 30.4. The van der Waals surface area contributed by atoms with Gasteiger partial charge in [-0.1, -0.05) is 59.9 Å². The minimum atomic E-state index is -3.69. The monoisotopic (exact) mass is 597 g/mol. The Hall–Kier alpha value is -1.87. The summed E-state index contributed by atoms with van der Waals surface area (Å²) in [4.78, 5) is 13.4. The van der Waals surface area contributed by atoms with E-state index in [0.29, 0.717) is 18.5 Å². The van der Waals surface area contributed by atoms with Gasteiger partial charge < -0.3 is 21.7 Å². The Kier molecular flexibility index (Phi) is 12.4. The Morgan fingerprint density at radius 1 is 1.00 bits per heavy atom. The van der Waals surface area contributed by atoms with Gasteiger partial charge in [0.05, 0.1) is 30.3 Å². The number of halogens is 1. The molecule has 1 aromatic heterocycles. The maximum Gasteiger partial charge on any atom is 0.475 e. The standard InChI is InChI=1S/C26H33NO6PS.BrH/c1-5-31-34(29,32-6-2)33-21(4)25-27(19-22-13-9-7-10-14-22)20(3)24(35-25)17-18-30-26(28)23-15-11-8-12-16-23;/h7-16,21H,5-6,17-19H2,1-4H3;1H/q+1;/p-1. The maximum absolute atomic E-state index is 13.0. The molecule has 1 unspecified atom stereocenters. The van der Waals surface area contributed by atoms with E-state index in [1.165, 1.54) is 0 Å². The van der Waals surface area contributed by atoms with Crippen LogP contribution >= 0.6 is 19.2 Å². The zero-order chi connectivity index (χ0) is 25.3. The third-order valence-corrected chi connectivity index (χ3v) is 8.50. The number of benzene rings is 2. The van der Waals surface area contributed by atoms with E-state index in [1.54, 1.807) is 37.3 Å². The van der Waals surface area contributed by atoms with Gasteiger partial charge in [-0.05, 0) is 32.9 Å². The van der Waals surface area contributed by atoms with E-state index in [2.05, 4.69) is 16.7 Å². The summed E-state index contributed by atoms with van der Waals surface area (Å²) in [7, 11) is -3.69. The topological polar surface area (TPSA) is 74.9 Å². The number of hydrogen-bond acceptors (Lipinski definition) is 7. The molecule has 0 aliphatic rings. The van der Waals surface area contributed by atoms with Crippen molar-refractivity contribution in [2.75, 3.05) is 19.8 Å². The van der Waals surface area contributed by atoms with E-state index in [0.717, 1.165) is 21.1 Å². The van der Waals surface area contributed by atoms with Crippen LogP contribution in [0.25, 0.3) is 0 Å².